The Morgan fingerprint density at radius 1 is 1.04 bits per heavy atom. The Labute approximate surface area is 144 Å². The molecule has 0 unspecified atom stereocenters. The van der Waals surface area contributed by atoms with Crippen molar-refractivity contribution in [3.63, 3.8) is 0 Å². The molecule has 0 aromatic heterocycles. The Morgan fingerprint density at radius 2 is 1.62 bits per heavy atom. The highest BCUT2D eigenvalue weighted by Crippen LogP contribution is 2.20. The first-order chi connectivity index (χ1) is 11.2. The van der Waals surface area contributed by atoms with Crippen LogP contribution in [0, 0.1) is 12.3 Å². The van der Waals surface area contributed by atoms with Crippen molar-refractivity contribution < 1.29 is 14.3 Å². The van der Waals surface area contributed by atoms with Gasteiger partial charge in [0, 0.05) is 32.6 Å². The summed E-state index contributed by atoms with van der Waals surface area (Å²) in [5.74, 6) is 0.854. The highest BCUT2D eigenvalue weighted by atomic mass is 16.5. The highest BCUT2D eigenvalue weighted by Gasteiger charge is 2.26. The van der Waals surface area contributed by atoms with Crippen LogP contribution in [0.2, 0.25) is 0 Å². The fourth-order valence-electron chi connectivity index (χ4n) is 2.71. The van der Waals surface area contributed by atoms with Crippen molar-refractivity contribution in [1.29, 1.82) is 0 Å². The zero-order valence-corrected chi connectivity index (χ0v) is 15.2. The van der Waals surface area contributed by atoms with Gasteiger partial charge in [0.2, 0.25) is 5.91 Å². The summed E-state index contributed by atoms with van der Waals surface area (Å²) >= 11 is 0. The van der Waals surface area contributed by atoms with Crippen molar-refractivity contribution in [3.05, 3.63) is 29.8 Å². The maximum atomic E-state index is 12.3. The summed E-state index contributed by atoms with van der Waals surface area (Å²) in [6, 6.07) is 7.66. The first-order valence-electron chi connectivity index (χ1n) is 8.50. The summed E-state index contributed by atoms with van der Waals surface area (Å²) in [4.78, 5) is 28.1. The van der Waals surface area contributed by atoms with Crippen LogP contribution in [0.1, 0.15) is 32.8 Å². The molecule has 0 spiro atoms. The lowest BCUT2D eigenvalue weighted by Gasteiger charge is -2.36. The predicted molar refractivity (Wildman–Crippen MR) is 93.9 cm³/mol. The molecule has 1 fully saturated rings. The van der Waals surface area contributed by atoms with Crippen molar-refractivity contribution >= 4 is 11.8 Å². The van der Waals surface area contributed by atoms with Crippen LogP contribution in [0.15, 0.2) is 24.3 Å². The zero-order valence-electron chi connectivity index (χ0n) is 15.2. The topological polar surface area (TPSA) is 49.9 Å². The number of piperazine rings is 1. The minimum atomic E-state index is -0.0283. The van der Waals surface area contributed by atoms with Crippen LogP contribution in [-0.2, 0) is 9.59 Å². The van der Waals surface area contributed by atoms with E-state index in [1.807, 2.05) is 36.1 Å². The van der Waals surface area contributed by atoms with Crippen LogP contribution in [0.3, 0.4) is 0 Å². The van der Waals surface area contributed by atoms with Crippen molar-refractivity contribution in [2.45, 2.75) is 34.1 Å². The number of aryl methyl sites for hydroxylation is 1. The van der Waals surface area contributed by atoms with E-state index in [4.69, 9.17) is 4.74 Å². The largest absolute Gasteiger partial charge is 0.484 e. The molecule has 0 N–H and O–H groups in total. The summed E-state index contributed by atoms with van der Waals surface area (Å²) in [5, 5.41) is 0. The summed E-state index contributed by atoms with van der Waals surface area (Å²) < 4.78 is 5.57. The van der Waals surface area contributed by atoms with E-state index in [1.165, 1.54) is 0 Å². The van der Waals surface area contributed by atoms with Gasteiger partial charge >= 0.3 is 0 Å². The molecule has 1 heterocycles. The van der Waals surface area contributed by atoms with Crippen LogP contribution in [0.4, 0.5) is 0 Å². The normalized spacial score (nSPS) is 15.3. The van der Waals surface area contributed by atoms with E-state index in [9.17, 15) is 9.59 Å². The molecule has 5 heteroatoms. The summed E-state index contributed by atoms with van der Waals surface area (Å²) in [5.41, 5.74) is 1.09. The zero-order chi connectivity index (χ0) is 17.7. The standard InChI is InChI=1S/C19H28N2O3/c1-15-6-5-7-16(12-15)24-14-18(23)21-10-8-20(9-11-21)17(22)13-19(2,3)4/h5-7,12H,8-11,13-14H2,1-4H3. The number of carbonyl (C=O) groups is 2. The lowest BCUT2D eigenvalue weighted by atomic mass is 9.91. The van der Waals surface area contributed by atoms with Crippen LogP contribution in [0.5, 0.6) is 5.75 Å². The third-order valence-corrected chi connectivity index (χ3v) is 4.02. The minimum absolute atomic E-state index is 0.00824. The van der Waals surface area contributed by atoms with Gasteiger partial charge in [-0.2, -0.15) is 0 Å². The van der Waals surface area contributed by atoms with E-state index in [0.29, 0.717) is 38.3 Å². The molecule has 0 saturated carbocycles. The maximum Gasteiger partial charge on any atom is 0.260 e. The molecular weight excluding hydrogens is 304 g/mol. The lowest BCUT2D eigenvalue weighted by Crippen LogP contribution is -2.52. The molecule has 1 saturated heterocycles. The van der Waals surface area contributed by atoms with Crippen molar-refractivity contribution in [3.8, 4) is 5.75 Å². The van der Waals surface area contributed by atoms with Gasteiger partial charge in [-0.3, -0.25) is 9.59 Å². The Kier molecular flexibility index (Phi) is 5.86. The molecule has 2 amide bonds. The SMILES string of the molecule is Cc1cccc(OCC(=O)N2CCN(C(=O)CC(C)(C)C)CC2)c1. The molecule has 1 aliphatic rings. The lowest BCUT2D eigenvalue weighted by molar-refractivity contribution is -0.141. The quantitative estimate of drug-likeness (QED) is 0.851. The molecule has 1 aliphatic heterocycles. The van der Waals surface area contributed by atoms with Crippen molar-refractivity contribution in [2.24, 2.45) is 5.41 Å². The van der Waals surface area contributed by atoms with Gasteiger partial charge in [-0.05, 0) is 30.0 Å². The van der Waals surface area contributed by atoms with Gasteiger partial charge in [-0.25, -0.2) is 0 Å². The Balaban J connectivity index is 1.77. The molecule has 24 heavy (non-hydrogen) atoms. The molecule has 5 nitrogen and oxygen atoms in total. The second kappa shape index (κ2) is 7.69. The monoisotopic (exact) mass is 332 g/mol. The van der Waals surface area contributed by atoms with Crippen LogP contribution >= 0.6 is 0 Å². The van der Waals surface area contributed by atoms with E-state index in [0.717, 1.165) is 5.56 Å². The number of hydrogen-bond donors (Lipinski definition) is 0. The molecule has 0 atom stereocenters. The number of nitrogens with zero attached hydrogens (tertiary/aromatic N) is 2. The number of hydrogen-bond acceptors (Lipinski definition) is 3. The van der Waals surface area contributed by atoms with Gasteiger partial charge in [0.15, 0.2) is 6.61 Å². The average molecular weight is 332 g/mol. The third kappa shape index (κ3) is 5.55. The highest BCUT2D eigenvalue weighted by molar-refractivity contribution is 5.79. The molecule has 0 bridgehead atoms. The van der Waals surface area contributed by atoms with Gasteiger partial charge < -0.3 is 14.5 Å². The van der Waals surface area contributed by atoms with Gasteiger partial charge in [-0.1, -0.05) is 32.9 Å². The Morgan fingerprint density at radius 3 is 2.17 bits per heavy atom. The van der Waals surface area contributed by atoms with Crippen LogP contribution < -0.4 is 4.74 Å². The van der Waals surface area contributed by atoms with Crippen LogP contribution in [-0.4, -0.2) is 54.4 Å². The second-order valence-corrected chi connectivity index (χ2v) is 7.60. The van der Waals surface area contributed by atoms with Gasteiger partial charge in [0.05, 0.1) is 0 Å². The fraction of sp³-hybridized carbons (Fsp3) is 0.579. The number of ether oxygens (including phenoxy) is 1. The molecule has 0 radical (unpaired) electrons. The number of rotatable bonds is 4. The van der Waals surface area contributed by atoms with E-state index in [2.05, 4.69) is 20.8 Å². The summed E-state index contributed by atoms with van der Waals surface area (Å²) in [6.45, 7) is 10.6. The van der Waals surface area contributed by atoms with Crippen molar-refractivity contribution in [2.75, 3.05) is 32.8 Å². The first kappa shape index (κ1) is 18.3. The second-order valence-electron chi connectivity index (χ2n) is 7.60. The van der Waals surface area contributed by atoms with Gasteiger partial charge in [-0.15, -0.1) is 0 Å². The van der Waals surface area contributed by atoms with Gasteiger partial charge in [0.25, 0.3) is 5.91 Å². The summed E-state index contributed by atoms with van der Waals surface area (Å²) in [7, 11) is 0. The predicted octanol–water partition coefficient (Wildman–Crippen LogP) is 2.48. The maximum absolute atomic E-state index is 12.3. The molecule has 1 aromatic rings. The molecule has 2 rings (SSSR count). The molecule has 0 aliphatic carbocycles. The number of amides is 2. The fourth-order valence-corrected chi connectivity index (χ4v) is 2.71. The van der Waals surface area contributed by atoms with E-state index >= 15 is 0 Å². The van der Waals surface area contributed by atoms with Crippen LogP contribution in [0.25, 0.3) is 0 Å². The van der Waals surface area contributed by atoms with Crippen molar-refractivity contribution in [1.82, 2.24) is 9.80 Å². The smallest absolute Gasteiger partial charge is 0.260 e. The average Bonchev–Trinajstić information content (AvgIpc) is 2.51. The molecule has 132 valence electrons. The molecular formula is C19H28N2O3. The van der Waals surface area contributed by atoms with E-state index in [-0.39, 0.29) is 23.8 Å². The van der Waals surface area contributed by atoms with Gasteiger partial charge in [0.1, 0.15) is 5.75 Å². The Bertz CT molecular complexity index is 585. The first-order valence-corrected chi connectivity index (χ1v) is 8.50. The van der Waals surface area contributed by atoms with E-state index in [1.54, 1.807) is 4.90 Å². The summed E-state index contributed by atoms with van der Waals surface area (Å²) in [6.07, 6.45) is 0.539. The minimum Gasteiger partial charge on any atom is -0.484 e. The number of benzene rings is 1. The van der Waals surface area contributed by atoms with E-state index < -0.39 is 0 Å². The third-order valence-electron chi connectivity index (χ3n) is 4.02. The Hall–Kier alpha value is -2.04. The molecule has 1 aromatic carbocycles. The number of carbonyl (C=O) groups excluding carboxylic acids is 2.